The Labute approximate surface area is 28.7 Å². The molecule has 0 unspecified atom stereocenters. The molecular formula is C2H2B2. The zero-order valence-electron chi connectivity index (χ0n) is 2.31. The van der Waals surface area contributed by atoms with Gasteiger partial charge >= 0.3 is 0 Å². The molecule has 0 amide bonds. The molecule has 0 bridgehead atoms. The minimum absolute atomic E-state index is 1.28. The Morgan fingerprint density at radius 1 is 1.00 bits per heavy atom. The molecule has 0 rings (SSSR count). The van der Waals surface area contributed by atoms with Gasteiger partial charge in [0.25, 0.3) is 0 Å². The standard InChI is InChI=1S/C2H2B2/c3-1-2-4/h1-2H/b2-1-. The lowest BCUT2D eigenvalue weighted by Crippen LogP contribution is -1.47. The fraction of sp³-hybridized carbons (Fsp3) is 0. The summed E-state index contributed by atoms with van der Waals surface area (Å²) in [5.41, 5.74) is 0. The van der Waals surface area contributed by atoms with Crippen LogP contribution in [0.4, 0.5) is 0 Å². The minimum Gasteiger partial charge on any atom is -0.145 e. The van der Waals surface area contributed by atoms with Gasteiger partial charge < -0.3 is 0 Å². The molecule has 0 atom stereocenters. The first-order valence-corrected chi connectivity index (χ1v) is 1.00. The Morgan fingerprint density at radius 2 is 1.25 bits per heavy atom. The molecule has 0 aliphatic heterocycles. The lowest BCUT2D eigenvalue weighted by Gasteiger charge is -1.48. The van der Waals surface area contributed by atoms with E-state index >= 15 is 0 Å². The SMILES string of the molecule is [B]/C=C\[B]. The predicted molar refractivity (Wildman–Crippen MR) is 20.6 cm³/mol. The summed E-state index contributed by atoms with van der Waals surface area (Å²) in [4.78, 5) is 0. The fourth-order valence-electron chi connectivity index (χ4n) is 0. The highest BCUT2D eigenvalue weighted by Crippen LogP contribution is 1.42. The van der Waals surface area contributed by atoms with Gasteiger partial charge in [0.1, 0.15) is 15.7 Å². The van der Waals surface area contributed by atoms with E-state index in [2.05, 4.69) is 0 Å². The normalized spacial score (nSPS) is 9.00. The van der Waals surface area contributed by atoms with E-state index in [0.717, 1.165) is 0 Å². The van der Waals surface area contributed by atoms with E-state index < -0.39 is 0 Å². The molecule has 16 valence electrons. The summed E-state index contributed by atoms with van der Waals surface area (Å²) in [6.07, 6.45) is 0. The highest BCUT2D eigenvalue weighted by molar-refractivity contribution is 6.25. The lowest BCUT2D eigenvalue weighted by molar-refractivity contribution is 2.50. The molecule has 4 radical (unpaired) electrons. The molecule has 0 aliphatic carbocycles. The third kappa shape index (κ3) is 1.87. The molecule has 0 saturated carbocycles. The van der Waals surface area contributed by atoms with E-state index in [9.17, 15) is 0 Å². The van der Waals surface area contributed by atoms with Crippen LogP contribution in [-0.2, 0) is 0 Å². The molecule has 0 heterocycles. The van der Waals surface area contributed by atoms with Crippen LogP contribution in [0.15, 0.2) is 12.0 Å². The van der Waals surface area contributed by atoms with Crippen molar-refractivity contribution in [2.24, 2.45) is 0 Å². The highest BCUT2D eigenvalue weighted by Gasteiger charge is 1.36. The van der Waals surface area contributed by atoms with Gasteiger partial charge in [-0.2, -0.15) is 0 Å². The van der Waals surface area contributed by atoms with Crippen molar-refractivity contribution < 1.29 is 0 Å². The van der Waals surface area contributed by atoms with Crippen LogP contribution in [0.5, 0.6) is 0 Å². The lowest BCUT2D eigenvalue weighted by atomic mass is 10.0. The van der Waals surface area contributed by atoms with Gasteiger partial charge in [-0.15, -0.1) is 12.0 Å². The van der Waals surface area contributed by atoms with Crippen molar-refractivity contribution in [2.45, 2.75) is 0 Å². The van der Waals surface area contributed by atoms with Crippen LogP contribution < -0.4 is 0 Å². The second kappa shape index (κ2) is 2.87. The summed E-state index contributed by atoms with van der Waals surface area (Å²) in [7, 11) is 9.44. The monoisotopic (exact) mass is 48.0 g/mol. The average Bonchev–Trinajstić information content (AvgIpc) is 1.37. The molecule has 4 heavy (non-hydrogen) atoms. The van der Waals surface area contributed by atoms with Crippen LogP contribution in [-0.4, -0.2) is 15.7 Å². The minimum atomic E-state index is 1.28. The van der Waals surface area contributed by atoms with Crippen LogP contribution in [0.25, 0.3) is 0 Å². The van der Waals surface area contributed by atoms with Crippen molar-refractivity contribution in [3.05, 3.63) is 12.0 Å². The fourth-order valence-corrected chi connectivity index (χ4v) is 0. The Morgan fingerprint density at radius 3 is 1.25 bits per heavy atom. The van der Waals surface area contributed by atoms with Crippen molar-refractivity contribution in [3.63, 3.8) is 0 Å². The Hall–Kier alpha value is -0.130. The van der Waals surface area contributed by atoms with Gasteiger partial charge in [0.05, 0.1) is 0 Å². The largest absolute Gasteiger partial charge is 0.145 e. The first-order valence-electron chi connectivity index (χ1n) is 1.00. The predicted octanol–water partition coefficient (Wildman–Crippen LogP) is -0.205. The maximum Gasteiger partial charge on any atom is 0.101 e. The van der Waals surface area contributed by atoms with E-state index in [1.165, 1.54) is 12.0 Å². The molecule has 0 spiro atoms. The van der Waals surface area contributed by atoms with Gasteiger partial charge in [-0.3, -0.25) is 0 Å². The van der Waals surface area contributed by atoms with Gasteiger partial charge in [-0.1, -0.05) is 0 Å². The van der Waals surface area contributed by atoms with Crippen molar-refractivity contribution in [1.82, 2.24) is 0 Å². The molecule has 0 aromatic heterocycles. The molecule has 0 nitrogen and oxygen atoms in total. The van der Waals surface area contributed by atoms with Crippen LogP contribution >= 0.6 is 0 Å². The topological polar surface area (TPSA) is 0 Å². The third-order valence-electron chi connectivity index (χ3n) is 0.111. The quantitative estimate of drug-likeness (QED) is 0.332. The van der Waals surface area contributed by atoms with Crippen LogP contribution in [0, 0.1) is 0 Å². The van der Waals surface area contributed by atoms with Gasteiger partial charge in [0, 0.05) is 0 Å². The molecule has 0 fully saturated rings. The summed E-state index contributed by atoms with van der Waals surface area (Å²) < 4.78 is 0. The zero-order valence-corrected chi connectivity index (χ0v) is 2.31. The Kier molecular flexibility index (Phi) is 2.78. The van der Waals surface area contributed by atoms with Gasteiger partial charge in [-0.05, 0) is 0 Å². The van der Waals surface area contributed by atoms with Crippen molar-refractivity contribution in [1.29, 1.82) is 0 Å². The summed E-state index contributed by atoms with van der Waals surface area (Å²) in [5, 5.41) is 0. The van der Waals surface area contributed by atoms with E-state index in [-0.39, 0.29) is 0 Å². The number of hydrogen-bond acceptors (Lipinski definition) is 0. The molecule has 0 N–H and O–H groups in total. The molecule has 0 aromatic carbocycles. The van der Waals surface area contributed by atoms with E-state index in [1.54, 1.807) is 0 Å². The summed E-state index contributed by atoms with van der Waals surface area (Å²) in [6, 6.07) is 0. The maximum absolute atomic E-state index is 4.72. The first-order chi connectivity index (χ1) is 1.91. The third-order valence-corrected chi connectivity index (χ3v) is 0.111. The van der Waals surface area contributed by atoms with E-state index in [1.807, 2.05) is 0 Å². The van der Waals surface area contributed by atoms with Gasteiger partial charge in [0.15, 0.2) is 0 Å². The summed E-state index contributed by atoms with van der Waals surface area (Å²) in [5.74, 6) is 2.56. The summed E-state index contributed by atoms with van der Waals surface area (Å²) in [6.45, 7) is 0. The van der Waals surface area contributed by atoms with Crippen LogP contribution in [0.2, 0.25) is 0 Å². The molecule has 2 heteroatoms. The van der Waals surface area contributed by atoms with E-state index in [0.29, 0.717) is 0 Å². The van der Waals surface area contributed by atoms with Crippen LogP contribution in [0.1, 0.15) is 0 Å². The van der Waals surface area contributed by atoms with E-state index in [4.69, 9.17) is 15.7 Å². The molecule has 0 aromatic rings. The average molecular weight is 47.7 g/mol. The highest BCUT2D eigenvalue weighted by atomic mass is 13.1. The van der Waals surface area contributed by atoms with Gasteiger partial charge in [0.2, 0.25) is 0 Å². The molecule has 0 saturated heterocycles. The summed E-state index contributed by atoms with van der Waals surface area (Å²) >= 11 is 0. The molecular weight excluding hydrogens is 45.6 g/mol. The van der Waals surface area contributed by atoms with Gasteiger partial charge in [-0.25, -0.2) is 0 Å². The zero-order chi connectivity index (χ0) is 3.41. The second-order valence-electron chi connectivity index (χ2n) is 0.385. The second-order valence-corrected chi connectivity index (χ2v) is 0.385. The number of rotatable bonds is 0. The van der Waals surface area contributed by atoms with Crippen LogP contribution in [0.3, 0.4) is 0 Å². The van der Waals surface area contributed by atoms with Crippen molar-refractivity contribution in [3.8, 4) is 0 Å². The smallest absolute Gasteiger partial charge is 0.101 e. The number of hydrogen-bond donors (Lipinski definition) is 0. The Balaban J connectivity index is 2.55. The maximum atomic E-state index is 4.72. The Bertz CT molecular complexity index is 19.2. The first kappa shape index (κ1) is 3.87. The van der Waals surface area contributed by atoms with Crippen molar-refractivity contribution in [2.75, 3.05) is 0 Å². The molecule has 0 aliphatic rings. The van der Waals surface area contributed by atoms with Crippen molar-refractivity contribution >= 4 is 15.7 Å².